The van der Waals surface area contributed by atoms with Gasteiger partial charge in [-0.25, -0.2) is 9.80 Å². The third-order valence-electron chi connectivity index (χ3n) is 7.52. The molecule has 2 atom stereocenters. The van der Waals surface area contributed by atoms with Gasteiger partial charge in [0, 0.05) is 45.3 Å². The lowest BCUT2D eigenvalue weighted by Gasteiger charge is -2.36. The molecule has 0 saturated heterocycles. The molecule has 14 heteroatoms. The maximum atomic E-state index is 14.6. The van der Waals surface area contributed by atoms with Crippen molar-refractivity contribution in [2.45, 2.75) is 58.7 Å². The third-order valence-corrected chi connectivity index (χ3v) is 8.06. The second kappa shape index (κ2) is 18.1. The first-order valence-corrected chi connectivity index (χ1v) is 16.5. The minimum Gasteiger partial charge on any atom is -0.508 e. The molecule has 4 aromatic rings. The Kier molecular flexibility index (Phi) is 13.6. The molecule has 48 heavy (non-hydrogen) atoms. The van der Waals surface area contributed by atoms with Crippen LogP contribution >= 0.6 is 11.7 Å². The number of likely N-dealkylation sites (N-methyl/N-ethyl adjacent to an activating group) is 1. The minimum atomic E-state index is -1.01. The van der Waals surface area contributed by atoms with E-state index in [1.807, 2.05) is 69.3 Å². The van der Waals surface area contributed by atoms with Crippen molar-refractivity contribution in [2.24, 2.45) is 0 Å². The molecule has 0 bridgehead atoms. The largest absolute Gasteiger partial charge is 0.508 e. The number of carbonyl (C=O) groups excluding carboxylic acids is 3. The van der Waals surface area contributed by atoms with Crippen molar-refractivity contribution >= 4 is 40.6 Å². The van der Waals surface area contributed by atoms with Crippen molar-refractivity contribution in [1.82, 2.24) is 34.7 Å². The predicted octanol–water partition coefficient (Wildman–Crippen LogP) is 3.59. The van der Waals surface area contributed by atoms with Gasteiger partial charge in [0.2, 0.25) is 11.8 Å². The van der Waals surface area contributed by atoms with Gasteiger partial charge in [-0.1, -0.05) is 54.6 Å². The summed E-state index contributed by atoms with van der Waals surface area (Å²) < 4.78 is 20.6. The van der Waals surface area contributed by atoms with Gasteiger partial charge < -0.3 is 30.1 Å². The lowest BCUT2D eigenvalue weighted by molar-refractivity contribution is -0.179. The topological polar surface area (TPSA) is 158 Å². The SMILES string of the molecule is CCOC(OCC)[C@H](C)N(Cc1cccc2nsnc12)C(=O)[C@H](Cc1ccc(O)cc1)NC(=O)CN(C)NC(=O)NCc1ccccc1. The van der Waals surface area contributed by atoms with E-state index >= 15 is 0 Å². The van der Waals surface area contributed by atoms with Crippen LogP contribution in [0.1, 0.15) is 37.5 Å². The molecule has 1 aromatic heterocycles. The van der Waals surface area contributed by atoms with E-state index in [4.69, 9.17) is 9.47 Å². The van der Waals surface area contributed by atoms with Crippen LogP contribution in [0.5, 0.6) is 5.75 Å². The molecule has 0 aliphatic carbocycles. The van der Waals surface area contributed by atoms with E-state index in [-0.39, 0.29) is 31.2 Å². The van der Waals surface area contributed by atoms with Gasteiger partial charge in [0.15, 0.2) is 6.29 Å². The number of nitrogens with one attached hydrogen (secondary N) is 3. The third kappa shape index (κ3) is 10.4. The number of benzene rings is 3. The number of hydrogen-bond donors (Lipinski definition) is 4. The van der Waals surface area contributed by atoms with Crippen LogP contribution in [0.3, 0.4) is 0 Å². The number of aromatic hydroxyl groups is 1. The normalized spacial score (nSPS) is 12.5. The van der Waals surface area contributed by atoms with Crippen LogP contribution in [-0.2, 0) is 38.6 Å². The number of nitrogens with zero attached hydrogens (tertiary/aromatic N) is 4. The Hall–Kier alpha value is -4.63. The van der Waals surface area contributed by atoms with Crippen molar-refractivity contribution in [2.75, 3.05) is 26.8 Å². The molecule has 256 valence electrons. The average Bonchev–Trinajstić information content (AvgIpc) is 3.56. The highest BCUT2D eigenvalue weighted by atomic mass is 32.1. The summed E-state index contributed by atoms with van der Waals surface area (Å²) in [5.74, 6) is -0.771. The van der Waals surface area contributed by atoms with Crippen LogP contribution in [-0.4, -0.2) is 86.8 Å². The second-order valence-electron chi connectivity index (χ2n) is 11.2. The molecule has 4 rings (SSSR count). The van der Waals surface area contributed by atoms with Gasteiger partial charge >= 0.3 is 6.03 Å². The summed E-state index contributed by atoms with van der Waals surface area (Å²) in [5.41, 5.74) is 6.48. The molecule has 0 radical (unpaired) electrons. The van der Waals surface area contributed by atoms with Crippen molar-refractivity contribution in [1.29, 1.82) is 0 Å². The fourth-order valence-corrected chi connectivity index (χ4v) is 5.72. The Morgan fingerprint density at radius 3 is 2.31 bits per heavy atom. The number of rotatable bonds is 17. The molecule has 0 fully saturated rings. The first-order chi connectivity index (χ1) is 23.2. The predicted molar refractivity (Wildman–Crippen MR) is 183 cm³/mol. The molecular weight excluding hydrogens is 634 g/mol. The van der Waals surface area contributed by atoms with Crippen LogP contribution in [0.25, 0.3) is 11.0 Å². The van der Waals surface area contributed by atoms with Crippen molar-refractivity contribution in [3.63, 3.8) is 0 Å². The van der Waals surface area contributed by atoms with Crippen LogP contribution in [0, 0.1) is 0 Å². The Bertz CT molecular complexity index is 1620. The van der Waals surface area contributed by atoms with E-state index < -0.39 is 30.3 Å². The van der Waals surface area contributed by atoms with E-state index in [9.17, 15) is 19.5 Å². The van der Waals surface area contributed by atoms with Crippen LogP contribution < -0.4 is 16.1 Å². The zero-order valence-corrected chi connectivity index (χ0v) is 28.4. The van der Waals surface area contributed by atoms with Gasteiger partial charge in [0.1, 0.15) is 22.8 Å². The average molecular weight is 678 g/mol. The summed E-state index contributed by atoms with van der Waals surface area (Å²) >= 11 is 1.09. The lowest BCUT2D eigenvalue weighted by atomic mass is 10.0. The van der Waals surface area contributed by atoms with E-state index in [0.29, 0.717) is 25.3 Å². The number of hydrogen-bond acceptors (Lipinski definition) is 10. The molecular formula is C34H43N7O6S. The van der Waals surface area contributed by atoms with Crippen LogP contribution in [0.15, 0.2) is 72.8 Å². The van der Waals surface area contributed by atoms with Crippen LogP contribution in [0.2, 0.25) is 0 Å². The van der Waals surface area contributed by atoms with Crippen molar-refractivity contribution in [3.05, 3.63) is 89.5 Å². The number of fused-ring (bicyclic) bond motifs is 1. The Labute approximate surface area is 284 Å². The summed E-state index contributed by atoms with van der Waals surface area (Å²) in [6.45, 7) is 6.54. The van der Waals surface area contributed by atoms with Crippen molar-refractivity contribution < 1.29 is 29.0 Å². The number of phenolic OH excluding ortho intramolecular Hbond substituents is 1. The highest BCUT2D eigenvalue weighted by Crippen LogP contribution is 2.23. The monoisotopic (exact) mass is 677 g/mol. The maximum Gasteiger partial charge on any atom is 0.329 e. The van der Waals surface area contributed by atoms with Gasteiger partial charge in [-0.05, 0) is 50.1 Å². The molecule has 0 aliphatic rings. The molecule has 13 nitrogen and oxygen atoms in total. The molecule has 4 N–H and O–H groups in total. The summed E-state index contributed by atoms with van der Waals surface area (Å²) in [6.07, 6.45) is -0.592. The highest BCUT2D eigenvalue weighted by Gasteiger charge is 2.34. The second-order valence-corrected chi connectivity index (χ2v) is 11.7. The van der Waals surface area contributed by atoms with Gasteiger partial charge in [0.05, 0.1) is 24.3 Å². The Morgan fingerprint density at radius 2 is 1.62 bits per heavy atom. The summed E-state index contributed by atoms with van der Waals surface area (Å²) in [4.78, 5) is 42.1. The number of amides is 4. The van der Waals surface area contributed by atoms with Crippen LogP contribution in [0.4, 0.5) is 4.79 Å². The highest BCUT2D eigenvalue weighted by molar-refractivity contribution is 7.00. The number of aromatic nitrogens is 2. The molecule has 0 unspecified atom stereocenters. The first-order valence-electron chi connectivity index (χ1n) is 15.8. The van der Waals surface area contributed by atoms with Crippen molar-refractivity contribution in [3.8, 4) is 5.75 Å². The number of carbonyl (C=O) groups is 3. The standard InChI is InChI=1S/C34H43N7O6S/c1-5-46-33(47-6-2)23(3)41(21-26-13-10-14-28-31(26)39-48-38-28)32(44)29(19-24-15-17-27(42)18-16-24)36-30(43)22-40(4)37-34(45)35-20-25-11-8-7-9-12-25/h7-18,23,29,33,42H,5-6,19-22H2,1-4H3,(H,36,43)(H2,35,37,45)/t23-,29-/m0/s1. The fraction of sp³-hybridized carbons (Fsp3) is 0.382. The molecule has 1 heterocycles. The van der Waals surface area contributed by atoms with Gasteiger partial charge in [-0.3, -0.25) is 15.0 Å². The number of phenols is 1. The Morgan fingerprint density at radius 1 is 0.917 bits per heavy atom. The number of urea groups is 1. The van der Waals surface area contributed by atoms with Gasteiger partial charge in [-0.15, -0.1) is 0 Å². The summed E-state index contributed by atoms with van der Waals surface area (Å²) in [6, 6.07) is 19.5. The molecule has 4 amide bonds. The summed E-state index contributed by atoms with van der Waals surface area (Å²) in [5, 5.41) is 16.8. The quantitative estimate of drug-likeness (QED) is 0.0969. The van der Waals surface area contributed by atoms with Gasteiger partial charge in [-0.2, -0.15) is 8.75 Å². The Balaban J connectivity index is 1.55. The number of hydrazine groups is 1. The maximum absolute atomic E-state index is 14.6. The molecule has 0 spiro atoms. The summed E-state index contributed by atoms with van der Waals surface area (Å²) in [7, 11) is 1.56. The molecule has 3 aromatic carbocycles. The van der Waals surface area contributed by atoms with E-state index in [2.05, 4.69) is 24.8 Å². The zero-order valence-electron chi connectivity index (χ0n) is 27.6. The minimum absolute atomic E-state index is 0.0837. The smallest absolute Gasteiger partial charge is 0.329 e. The lowest BCUT2D eigenvalue weighted by Crippen LogP contribution is -2.56. The molecule has 0 saturated carbocycles. The molecule has 0 aliphatic heterocycles. The van der Waals surface area contributed by atoms with E-state index in [0.717, 1.165) is 33.9 Å². The first kappa shape index (κ1) is 36.2. The number of ether oxygens (including phenoxy) is 2. The fourth-order valence-electron chi connectivity index (χ4n) is 5.15. The van der Waals surface area contributed by atoms with Gasteiger partial charge in [0.25, 0.3) is 0 Å². The van der Waals surface area contributed by atoms with E-state index in [1.165, 1.54) is 17.1 Å². The zero-order chi connectivity index (χ0) is 34.5. The van der Waals surface area contributed by atoms with E-state index in [1.54, 1.807) is 24.1 Å².